The molecule has 150 valence electrons. The zero-order valence-corrected chi connectivity index (χ0v) is 18.0. The summed E-state index contributed by atoms with van der Waals surface area (Å²) < 4.78 is 0. The molecule has 27 heavy (non-hydrogen) atoms. The highest BCUT2D eigenvalue weighted by atomic mass is 14.0. The molecule has 0 atom stereocenters. The van der Waals surface area contributed by atoms with E-state index in [0.717, 1.165) is 0 Å². The zero-order valence-electron chi connectivity index (χ0n) is 18.0. The predicted octanol–water partition coefficient (Wildman–Crippen LogP) is 8.79. The molecular formula is C27H42. The fraction of sp³-hybridized carbons (Fsp3) is 0.556. The molecule has 0 spiro atoms. The van der Waals surface area contributed by atoms with E-state index in [9.17, 15) is 0 Å². The van der Waals surface area contributed by atoms with Crippen LogP contribution in [0.2, 0.25) is 0 Å². The Morgan fingerprint density at radius 3 is 1.11 bits per heavy atom. The van der Waals surface area contributed by atoms with Crippen molar-refractivity contribution in [1.29, 1.82) is 0 Å². The molecule has 0 heterocycles. The topological polar surface area (TPSA) is 0 Å². The van der Waals surface area contributed by atoms with Gasteiger partial charge in [-0.2, -0.15) is 0 Å². The maximum absolute atomic E-state index is 2.27. The third-order valence-corrected chi connectivity index (χ3v) is 5.07. The normalized spacial score (nSPS) is 10.3. The SMILES string of the molecule is CCCCCCCCc1ccccc1.CCCCCCCc1ccccc1. The first-order valence-corrected chi connectivity index (χ1v) is 11.4. The molecule has 0 aliphatic rings. The van der Waals surface area contributed by atoms with Gasteiger partial charge in [0, 0.05) is 0 Å². The van der Waals surface area contributed by atoms with Crippen LogP contribution in [0.4, 0.5) is 0 Å². The number of unbranched alkanes of at least 4 members (excludes halogenated alkanes) is 9. The van der Waals surface area contributed by atoms with Crippen LogP contribution in [0, 0.1) is 0 Å². The molecule has 2 aromatic rings. The van der Waals surface area contributed by atoms with Gasteiger partial charge in [0.05, 0.1) is 0 Å². The Labute approximate surface area is 169 Å². The van der Waals surface area contributed by atoms with Gasteiger partial charge < -0.3 is 0 Å². The number of hydrogen-bond donors (Lipinski definition) is 0. The lowest BCUT2D eigenvalue weighted by atomic mass is 10.1. The van der Waals surface area contributed by atoms with Crippen LogP contribution < -0.4 is 0 Å². The van der Waals surface area contributed by atoms with E-state index >= 15 is 0 Å². The molecule has 0 N–H and O–H groups in total. The van der Waals surface area contributed by atoms with Crippen LogP contribution >= 0.6 is 0 Å². The summed E-state index contributed by atoms with van der Waals surface area (Å²) in [5.41, 5.74) is 2.97. The lowest BCUT2D eigenvalue weighted by molar-refractivity contribution is 0.607. The van der Waals surface area contributed by atoms with E-state index in [2.05, 4.69) is 74.5 Å². The van der Waals surface area contributed by atoms with E-state index in [1.165, 1.54) is 94.6 Å². The van der Waals surface area contributed by atoms with E-state index in [0.29, 0.717) is 0 Å². The Bertz CT molecular complexity index is 514. The molecule has 0 unspecified atom stereocenters. The maximum atomic E-state index is 2.27. The smallest absolute Gasteiger partial charge is 0.0279 e. The van der Waals surface area contributed by atoms with Gasteiger partial charge in [-0.1, -0.05) is 132 Å². The summed E-state index contributed by atoms with van der Waals surface area (Å²) in [5.74, 6) is 0. The number of benzene rings is 2. The number of rotatable bonds is 13. The molecule has 0 saturated carbocycles. The van der Waals surface area contributed by atoms with E-state index in [1.807, 2.05) is 0 Å². The first-order chi connectivity index (χ1) is 13.4. The second-order valence-electron chi connectivity index (χ2n) is 7.65. The minimum absolute atomic E-state index is 1.25. The fourth-order valence-corrected chi connectivity index (χ4v) is 3.33. The van der Waals surface area contributed by atoms with Gasteiger partial charge in [-0.25, -0.2) is 0 Å². The molecular weight excluding hydrogens is 324 g/mol. The van der Waals surface area contributed by atoms with E-state index in [-0.39, 0.29) is 0 Å². The lowest BCUT2D eigenvalue weighted by Gasteiger charge is -2.01. The second kappa shape index (κ2) is 17.8. The monoisotopic (exact) mass is 366 g/mol. The Hall–Kier alpha value is -1.56. The molecule has 0 aliphatic carbocycles. The van der Waals surface area contributed by atoms with Crippen LogP contribution in [0.25, 0.3) is 0 Å². The minimum Gasteiger partial charge on any atom is -0.0654 e. The Morgan fingerprint density at radius 1 is 0.407 bits per heavy atom. The minimum atomic E-state index is 1.25. The number of aryl methyl sites for hydroxylation is 2. The molecule has 0 bridgehead atoms. The molecule has 0 radical (unpaired) electrons. The molecule has 0 fully saturated rings. The van der Waals surface area contributed by atoms with Crippen LogP contribution in [-0.4, -0.2) is 0 Å². The van der Waals surface area contributed by atoms with Crippen LogP contribution in [0.15, 0.2) is 60.7 Å². The maximum Gasteiger partial charge on any atom is -0.0279 e. The summed E-state index contributed by atoms with van der Waals surface area (Å²) in [5, 5.41) is 0. The fourth-order valence-electron chi connectivity index (χ4n) is 3.33. The van der Waals surface area contributed by atoms with Crippen molar-refractivity contribution < 1.29 is 0 Å². The molecule has 0 heteroatoms. The van der Waals surface area contributed by atoms with Gasteiger partial charge in [0.1, 0.15) is 0 Å². The average molecular weight is 367 g/mol. The van der Waals surface area contributed by atoms with Crippen molar-refractivity contribution in [3.63, 3.8) is 0 Å². The standard InChI is InChI=1S/C14H22.C13H20/c1-2-3-4-5-6-8-11-14-12-9-7-10-13-14;1-2-3-4-5-7-10-13-11-8-6-9-12-13/h7,9-10,12-13H,2-6,8,11H2,1H3;6,8-9,11-12H,2-5,7,10H2,1H3. The van der Waals surface area contributed by atoms with E-state index < -0.39 is 0 Å². The van der Waals surface area contributed by atoms with Crippen LogP contribution in [0.3, 0.4) is 0 Å². The van der Waals surface area contributed by atoms with Crippen molar-refractivity contribution in [3.8, 4) is 0 Å². The quantitative estimate of drug-likeness (QED) is 0.311. The molecule has 0 saturated heterocycles. The van der Waals surface area contributed by atoms with Crippen LogP contribution in [-0.2, 0) is 12.8 Å². The summed E-state index contributed by atoms with van der Waals surface area (Å²) >= 11 is 0. The third kappa shape index (κ3) is 14.2. The van der Waals surface area contributed by atoms with E-state index in [1.54, 1.807) is 0 Å². The first kappa shape index (κ1) is 23.5. The van der Waals surface area contributed by atoms with Crippen molar-refractivity contribution >= 4 is 0 Å². The van der Waals surface area contributed by atoms with Crippen LogP contribution in [0.1, 0.15) is 95.6 Å². The highest BCUT2D eigenvalue weighted by molar-refractivity contribution is 5.15. The summed E-state index contributed by atoms with van der Waals surface area (Å²) in [4.78, 5) is 0. The molecule has 0 amide bonds. The molecule has 0 nitrogen and oxygen atoms in total. The summed E-state index contributed by atoms with van der Waals surface area (Å²) in [7, 11) is 0. The summed E-state index contributed by atoms with van der Waals surface area (Å²) in [6, 6.07) is 21.6. The van der Waals surface area contributed by atoms with Crippen molar-refractivity contribution in [2.24, 2.45) is 0 Å². The van der Waals surface area contributed by atoms with Crippen molar-refractivity contribution in [3.05, 3.63) is 71.8 Å². The highest BCUT2D eigenvalue weighted by Gasteiger charge is 1.93. The Morgan fingerprint density at radius 2 is 0.741 bits per heavy atom. The Balaban J connectivity index is 0.000000271. The lowest BCUT2D eigenvalue weighted by Crippen LogP contribution is -1.85. The van der Waals surface area contributed by atoms with Gasteiger partial charge >= 0.3 is 0 Å². The van der Waals surface area contributed by atoms with Crippen molar-refractivity contribution in [1.82, 2.24) is 0 Å². The second-order valence-corrected chi connectivity index (χ2v) is 7.65. The Kier molecular flexibility index (Phi) is 15.5. The van der Waals surface area contributed by atoms with Gasteiger partial charge in [-0.05, 0) is 36.8 Å². The van der Waals surface area contributed by atoms with Crippen LogP contribution in [0.5, 0.6) is 0 Å². The largest absolute Gasteiger partial charge is 0.0654 e. The van der Waals surface area contributed by atoms with Crippen molar-refractivity contribution in [2.75, 3.05) is 0 Å². The first-order valence-electron chi connectivity index (χ1n) is 11.4. The van der Waals surface area contributed by atoms with Crippen molar-refractivity contribution in [2.45, 2.75) is 97.3 Å². The summed E-state index contributed by atoms with van der Waals surface area (Å²) in [6.45, 7) is 4.53. The highest BCUT2D eigenvalue weighted by Crippen LogP contribution is 2.09. The zero-order chi connectivity index (χ0) is 19.4. The van der Waals surface area contributed by atoms with Gasteiger partial charge in [0.25, 0.3) is 0 Å². The third-order valence-electron chi connectivity index (χ3n) is 5.07. The molecule has 2 aromatic carbocycles. The van der Waals surface area contributed by atoms with Gasteiger partial charge in [0.2, 0.25) is 0 Å². The molecule has 2 rings (SSSR count). The summed E-state index contributed by atoms with van der Waals surface area (Å²) in [6.07, 6.45) is 17.7. The van der Waals surface area contributed by atoms with Gasteiger partial charge in [-0.3, -0.25) is 0 Å². The predicted molar refractivity (Wildman–Crippen MR) is 122 cm³/mol. The molecule has 0 aliphatic heterocycles. The number of hydrogen-bond acceptors (Lipinski definition) is 0. The molecule has 0 aromatic heterocycles. The average Bonchev–Trinajstić information content (AvgIpc) is 2.72. The van der Waals surface area contributed by atoms with E-state index in [4.69, 9.17) is 0 Å². The van der Waals surface area contributed by atoms with Gasteiger partial charge in [-0.15, -0.1) is 0 Å². The van der Waals surface area contributed by atoms with Gasteiger partial charge in [0.15, 0.2) is 0 Å².